The van der Waals surface area contributed by atoms with E-state index < -0.39 is 0 Å². The molecule has 0 bridgehead atoms. The number of hydrogen-bond donors (Lipinski definition) is 1. The normalized spacial score (nSPS) is 23.1. The van der Waals surface area contributed by atoms with Crippen LogP contribution in [0.15, 0.2) is 30.3 Å². The highest BCUT2D eigenvalue weighted by atomic mass is 16.3. The average Bonchev–Trinajstić information content (AvgIpc) is 2.84. The number of rotatable bonds is 6. The maximum absolute atomic E-state index is 10.4. The summed E-state index contributed by atoms with van der Waals surface area (Å²) in [5, 5.41) is 10.4. The van der Waals surface area contributed by atoms with E-state index in [2.05, 4.69) is 30.8 Å². The van der Waals surface area contributed by atoms with Gasteiger partial charge in [0.2, 0.25) is 0 Å². The largest absolute Gasteiger partial charge is 0.388 e. The second-order valence-electron chi connectivity index (χ2n) is 6.33. The molecule has 1 N–H and O–H groups in total. The maximum atomic E-state index is 10.4. The van der Waals surface area contributed by atoms with E-state index in [0.29, 0.717) is 6.04 Å². The summed E-state index contributed by atoms with van der Waals surface area (Å²) < 4.78 is 0. The standard InChI is InChI=1S/C17H28N2O/c1-14(17(20)15-8-5-4-6-9-15)12-18(2)13-16-10-7-11-19(16)3/h4-6,8-9,14,16-17,20H,7,10-13H2,1-3H3. The maximum Gasteiger partial charge on any atom is 0.0827 e. The Balaban J connectivity index is 1.82. The summed E-state index contributed by atoms with van der Waals surface area (Å²) >= 11 is 0. The number of likely N-dealkylation sites (tertiary alicyclic amines) is 1. The van der Waals surface area contributed by atoms with E-state index in [9.17, 15) is 5.11 Å². The third-order valence-corrected chi connectivity index (χ3v) is 4.47. The quantitative estimate of drug-likeness (QED) is 0.864. The second-order valence-corrected chi connectivity index (χ2v) is 6.33. The first kappa shape index (κ1) is 15.5. The van der Waals surface area contributed by atoms with Gasteiger partial charge in [0.15, 0.2) is 0 Å². The third-order valence-electron chi connectivity index (χ3n) is 4.47. The van der Waals surface area contributed by atoms with E-state index in [1.165, 1.54) is 19.4 Å². The molecule has 1 aliphatic heterocycles. The van der Waals surface area contributed by atoms with Gasteiger partial charge in [0.1, 0.15) is 0 Å². The van der Waals surface area contributed by atoms with Crippen molar-refractivity contribution in [2.45, 2.75) is 31.9 Å². The van der Waals surface area contributed by atoms with Crippen molar-refractivity contribution in [1.29, 1.82) is 0 Å². The van der Waals surface area contributed by atoms with Gasteiger partial charge < -0.3 is 14.9 Å². The molecule has 0 amide bonds. The Morgan fingerprint density at radius 2 is 2.05 bits per heavy atom. The van der Waals surface area contributed by atoms with Crippen LogP contribution in [0.3, 0.4) is 0 Å². The molecule has 2 rings (SSSR count). The first-order chi connectivity index (χ1) is 9.58. The molecule has 3 heteroatoms. The van der Waals surface area contributed by atoms with Crippen molar-refractivity contribution >= 4 is 0 Å². The van der Waals surface area contributed by atoms with Crippen molar-refractivity contribution in [3.63, 3.8) is 0 Å². The lowest BCUT2D eigenvalue weighted by Crippen LogP contribution is -2.39. The molecule has 1 aromatic rings. The highest BCUT2D eigenvalue weighted by Crippen LogP contribution is 2.23. The van der Waals surface area contributed by atoms with Gasteiger partial charge in [-0.3, -0.25) is 0 Å². The minimum absolute atomic E-state index is 0.245. The minimum atomic E-state index is -0.375. The zero-order valence-electron chi connectivity index (χ0n) is 13.0. The van der Waals surface area contributed by atoms with Crippen LogP contribution in [0.4, 0.5) is 0 Å². The molecule has 0 saturated carbocycles. The molecule has 0 spiro atoms. The molecule has 0 aliphatic carbocycles. The third kappa shape index (κ3) is 4.05. The Labute approximate surface area is 123 Å². The number of aliphatic hydroxyl groups is 1. The lowest BCUT2D eigenvalue weighted by molar-refractivity contribution is 0.0887. The fourth-order valence-corrected chi connectivity index (χ4v) is 3.21. The second kappa shape index (κ2) is 7.21. The van der Waals surface area contributed by atoms with Crippen molar-refractivity contribution in [2.24, 2.45) is 5.92 Å². The van der Waals surface area contributed by atoms with E-state index >= 15 is 0 Å². The fraction of sp³-hybridized carbons (Fsp3) is 0.647. The van der Waals surface area contributed by atoms with Crippen molar-refractivity contribution in [1.82, 2.24) is 9.80 Å². The Hall–Kier alpha value is -0.900. The Morgan fingerprint density at radius 3 is 2.65 bits per heavy atom. The molecule has 1 fully saturated rings. The monoisotopic (exact) mass is 276 g/mol. The number of aliphatic hydroxyl groups excluding tert-OH is 1. The first-order valence-corrected chi connectivity index (χ1v) is 7.69. The lowest BCUT2D eigenvalue weighted by Gasteiger charge is -2.29. The highest BCUT2D eigenvalue weighted by molar-refractivity contribution is 5.17. The van der Waals surface area contributed by atoms with Gasteiger partial charge in [0.05, 0.1) is 6.10 Å². The van der Waals surface area contributed by atoms with Gasteiger partial charge in [0.25, 0.3) is 0 Å². The van der Waals surface area contributed by atoms with Crippen LogP contribution in [0.5, 0.6) is 0 Å². The molecule has 1 heterocycles. The summed E-state index contributed by atoms with van der Waals surface area (Å²) in [5.41, 5.74) is 1.02. The molecule has 112 valence electrons. The minimum Gasteiger partial charge on any atom is -0.388 e. The molecule has 0 aromatic heterocycles. The van der Waals surface area contributed by atoms with Crippen LogP contribution in [-0.2, 0) is 0 Å². The summed E-state index contributed by atoms with van der Waals surface area (Å²) in [6.45, 7) is 5.38. The summed E-state index contributed by atoms with van der Waals surface area (Å²) in [6, 6.07) is 10.7. The van der Waals surface area contributed by atoms with Gasteiger partial charge in [0, 0.05) is 19.1 Å². The van der Waals surface area contributed by atoms with E-state index in [1.54, 1.807) is 0 Å². The van der Waals surface area contributed by atoms with Crippen molar-refractivity contribution < 1.29 is 5.11 Å². The zero-order chi connectivity index (χ0) is 14.5. The van der Waals surface area contributed by atoms with Gasteiger partial charge in [-0.15, -0.1) is 0 Å². The van der Waals surface area contributed by atoms with Crippen LogP contribution >= 0.6 is 0 Å². The fourth-order valence-electron chi connectivity index (χ4n) is 3.21. The van der Waals surface area contributed by atoms with Crippen molar-refractivity contribution in [3.8, 4) is 0 Å². The van der Waals surface area contributed by atoms with E-state index in [1.807, 2.05) is 30.3 Å². The first-order valence-electron chi connectivity index (χ1n) is 7.69. The predicted octanol–water partition coefficient (Wildman–Crippen LogP) is 2.38. The van der Waals surface area contributed by atoms with Crippen molar-refractivity contribution in [3.05, 3.63) is 35.9 Å². The van der Waals surface area contributed by atoms with Gasteiger partial charge >= 0.3 is 0 Å². The lowest BCUT2D eigenvalue weighted by atomic mass is 9.97. The van der Waals surface area contributed by atoms with Crippen molar-refractivity contribution in [2.75, 3.05) is 33.7 Å². The van der Waals surface area contributed by atoms with E-state index in [0.717, 1.165) is 18.7 Å². The van der Waals surface area contributed by atoms with E-state index in [-0.39, 0.29) is 12.0 Å². The summed E-state index contributed by atoms with van der Waals surface area (Å²) in [7, 11) is 4.38. The molecule has 1 saturated heterocycles. The van der Waals surface area contributed by atoms with Crippen LogP contribution in [0.1, 0.15) is 31.4 Å². The van der Waals surface area contributed by atoms with E-state index in [4.69, 9.17) is 0 Å². The Morgan fingerprint density at radius 1 is 1.35 bits per heavy atom. The number of hydrogen-bond acceptors (Lipinski definition) is 3. The van der Waals surface area contributed by atoms with Crippen LogP contribution in [-0.4, -0.2) is 54.7 Å². The van der Waals surface area contributed by atoms with Crippen LogP contribution in [0.25, 0.3) is 0 Å². The number of benzene rings is 1. The molecular formula is C17H28N2O. The smallest absolute Gasteiger partial charge is 0.0827 e. The number of nitrogens with zero attached hydrogens (tertiary/aromatic N) is 2. The molecule has 1 aromatic carbocycles. The molecule has 0 radical (unpaired) electrons. The van der Waals surface area contributed by atoms with Gasteiger partial charge in [-0.2, -0.15) is 0 Å². The van der Waals surface area contributed by atoms with Gasteiger partial charge in [-0.1, -0.05) is 37.3 Å². The van der Waals surface area contributed by atoms with Gasteiger partial charge in [-0.25, -0.2) is 0 Å². The Bertz CT molecular complexity index is 395. The molecule has 3 unspecified atom stereocenters. The number of likely N-dealkylation sites (N-methyl/N-ethyl adjacent to an activating group) is 2. The summed E-state index contributed by atoms with van der Waals surface area (Å²) in [5.74, 6) is 0.245. The SMILES string of the molecule is CC(CN(C)CC1CCCN1C)C(O)c1ccccc1. The summed E-state index contributed by atoms with van der Waals surface area (Å²) in [6.07, 6.45) is 2.24. The molecule has 1 aliphatic rings. The van der Waals surface area contributed by atoms with Crippen LogP contribution in [0.2, 0.25) is 0 Å². The Kier molecular flexibility index (Phi) is 5.58. The highest BCUT2D eigenvalue weighted by Gasteiger charge is 2.24. The average molecular weight is 276 g/mol. The topological polar surface area (TPSA) is 26.7 Å². The van der Waals surface area contributed by atoms with Crippen LogP contribution < -0.4 is 0 Å². The van der Waals surface area contributed by atoms with Gasteiger partial charge in [-0.05, 0) is 45.0 Å². The molecular weight excluding hydrogens is 248 g/mol. The molecule has 3 nitrogen and oxygen atoms in total. The zero-order valence-corrected chi connectivity index (χ0v) is 13.0. The molecule has 3 atom stereocenters. The van der Waals surface area contributed by atoms with Crippen LogP contribution in [0, 0.1) is 5.92 Å². The summed E-state index contributed by atoms with van der Waals surface area (Å²) in [4.78, 5) is 4.82. The predicted molar refractivity (Wildman–Crippen MR) is 83.7 cm³/mol. The molecule has 20 heavy (non-hydrogen) atoms.